The fourth-order valence-corrected chi connectivity index (χ4v) is 1.59. The van der Waals surface area contributed by atoms with Gasteiger partial charge in [0.05, 0.1) is 12.8 Å². The predicted octanol–water partition coefficient (Wildman–Crippen LogP) is 1.82. The second kappa shape index (κ2) is 5.33. The Morgan fingerprint density at radius 3 is 2.93 bits per heavy atom. The summed E-state index contributed by atoms with van der Waals surface area (Å²) >= 11 is 0. The molecular formula is C12H20N2O. The first-order valence-electron chi connectivity index (χ1n) is 5.83. The average molecular weight is 208 g/mol. The molecule has 0 saturated heterocycles. The van der Waals surface area contributed by atoms with Crippen molar-refractivity contribution < 1.29 is 4.42 Å². The number of aryl methyl sites for hydroxylation is 1. The van der Waals surface area contributed by atoms with Gasteiger partial charge in [0, 0.05) is 6.04 Å². The van der Waals surface area contributed by atoms with Crippen LogP contribution in [0.5, 0.6) is 0 Å². The van der Waals surface area contributed by atoms with Gasteiger partial charge in [-0.2, -0.15) is 0 Å². The van der Waals surface area contributed by atoms with Crippen molar-refractivity contribution in [2.24, 2.45) is 0 Å². The van der Waals surface area contributed by atoms with E-state index >= 15 is 0 Å². The zero-order valence-electron chi connectivity index (χ0n) is 9.38. The highest BCUT2D eigenvalue weighted by Gasteiger charge is 2.19. The van der Waals surface area contributed by atoms with E-state index in [2.05, 4.69) is 17.6 Å². The first-order valence-corrected chi connectivity index (χ1v) is 5.83. The van der Waals surface area contributed by atoms with Gasteiger partial charge in [0.25, 0.3) is 0 Å². The van der Waals surface area contributed by atoms with Gasteiger partial charge in [0.15, 0.2) is 0 Å². The van der Waals surface area contributed by atoms with Crippen LogP contribution in [0.25, 0.3) is 0 Å². The normalized spacial score (nSPS) is 15.8. The van der Waals surface area contributed by atoms with Crippen molar-refractivity contribution in [3.63, 3.8) is 0 Å². The SMILES string of the molecule is Cc1ccoc1CNCCCNC1CC1. The van der Waals surface area contributed by atoms with Crippen molar-refractivity contribution in [1.29, 1.82) is 0 Å². The van der Waals surface area contributed by atoms with Crippen LogP contribution >= 0.6 is 0 Å². The van der Waals surface area contributed by atoms with Gasteiger partial charge in [-0.1, -0.05) is 0 Å². The largest absolute Gasteiger partial charge is 0.468 e. The summed E-state index contributed by atoms with van der Waals surface area (Å²) in [6.45, 7) is 5.12. The number of furan rings is 1. The van der Waals surface area contributed by atoms with Crippen LogP contribution in [-0.2, 0) is 6.54 Å². The molecule has 1 aliphatic rings. The van der Waals surface area contributed by atoms with Gasteiger partial charge in [0.2, 0.25) is 0 Å². The topological polar surface area (TPSA) is 37.2 Å². The van der Waals surface area contributed by atoms with Crippen LogP contribution < -0.4 is 10.6 Å². The molecule has 1 aliphatic carbocycles. The summed E-state index contributed by atoms with van der Waals surface area (Å²) in [6, 6.07) is 2.84. The Hall–Kier alpha value is -0.800. The predicted molar refractivity (Wildman–Crippen MR) is 60.8 cm³/mol. The van der Waals surface area contributed by atoms with Crippen molar-refractivity contribution in [2.75, 3.05) is 13.1 Å². The molecule has 3 nitrogen and oxygen atoms in total. The van der Waals surface area contributed by atoms with Crippen molar-refractivity contribution in [1.82, 2.24) is 10.6 Å². The molecule has 15 heavy (non-hydrogen) atoms. The van der Waals surface area contributed by atoms with Crippen LogP contribution in [0.1, 0.15) is 30.6 Å². The molecule has 0 bridgehead atoms. The molecule has 0 aromatic carbocycles. The first-order chi connectivity index (χ1) is 7.36. The van der Waals surface area contributed by atoms with Crippen LogP contribution in [0.2, 0.25) is 0 Å². The quantitative estimate of drug-likeness (QED) is 0.671. The van der Waals surface area contributed by atoms with Crippen molar-refractivity contribution in [3.8, 4) is 0 Å². The van der Waals surface area contributed by atoms with Gasteiger partial charge in [0.1, 0.15) is 5.76 Å². The Morgan fingerprint density at radius 2 is 2.27 bits per heavy atom. The van der Waals surface area contributed by atoms with Gasteiger partial charge < -0.3 is 15.1 Å². The van der Waals surface area contributed by atoms with Crippen LogP contribution in [-0.4, -0.2) is 19.1 Å². The maximum atomic E-state index is 5.34. The fraction of sp³-hybridized carbons (Fsp3) is 0.667. The summed E-state index contributed by atoms with van der Waals surface area (Å²) in [7, 11) is 0. The molecule has 0 unspecified atom stereocenters. The number of hydrogen-bond donors (Lipinski definition) is 2. The number of hydrogen-bond acceptors (Lipinski definition) is 3. The standard InChI is InChI=1S/C12H20N2O/c1-10-5-8-15-12(10)9-13-6-2-7-14-11-3-4-11/h5,8,11,13-14H,2-4,6-7,9H2,1H3. The maximum Gasteiger partial charge on any atom is 0.120 e. The molecule has 84 valence electrons. The molecule has 0 amide bonds. The summed E-state index contributed by atoms with van der Waals surface area (Å²) in [5, 5.41) is 6.89. The van der Waals surface area contributed by atoms with E-state index in [4.69, 9.17) is 4.42 Å². The molecule has 1 aromatic rings. The molecular weight excluding hydrogens is 188 g/mol. The van der Waals surface area contributed by atoms with E-state index in [0.717, 1.165) is 31.4 Å². The van der Waals surface area contributed by atoms with Crippen LogP contribution in [0, 0.1) is 6.92 Å². The molecule has 0 aliphatic heterocycles. The molecule has 2 rings (SSSR count). The summed E-state index contributed by atoms with van der Waals surface area (Å²) in [5.41, 5.74) is 1.23. The third-order valence-electron chi connectivity index (χ3n) is 2.79. The molecule has 0 radical (unpaired) electrons. The highest BCUT2D eigenvalue weighted by atomic mass is 16.3. The third-order valence-corrected chi connectivity index (χ3v) is 2.79. The zero-order chi connectivity index (χ0) is 10.5. The van der Waals surface area contributed by atoms with E-state index in [0.29, 0.717) is 0 Å². The number of rotatable bonds is 7. The van der Waals surface area contributed by atoms with Gasteiger partial charge in [-0.3, -0.25) is 0 Å². The van der Waals surface area contributed by atoms with Crippen molar-refractivity contribution in [2.45, 2.75) is 38.8 Å². The van der Waals surface area contributed by atoms with E-state index in [9.17, 15) is 0 Å². The molecule has 0 spiro atoms. The van der Waals surface area contributed by atoms with Crippen LogP contribution in [0.3, 0.4) is 0 Å². The Morgan fingerprint density at radius 1 is 1.40 bits per heavy atom. The average Bonchev–Trinajstić information content (AvgIpc) is 2.96. The number of nitrogens with one attached hydrogen (secondary N) is 2. The summed E-state index contributed by atoms with van der Waals surface area (Å²) < 4.78 is 5.34. The lowest BCUT2D eigenvalue weighted by Gasteiger charge is -2.04. The minimum Gasteiger partial charge on any atom is -0.468 e. The summed E-state index contributed by atoms with van der Waals surface area (Å²) in [4.78, 5) is 0. The lowest BCUT2D eigenvalue weighted by atomic mass is 10.3. The third kappa shape index (κ3) is 3.68. The van der Waals surface area contributed by atoms with E-state index in [1.165, 1.54) is 24.8 Å². The molecule has 0 atom stereocenters. The fourth-order valence-electron chi connectivity index (χ4n) is 1.59. The smallest absolute Gasteiger partial charge is 0.120 e. The molecule has 1 fully saturated rings. The van der Waals surface area contributed by atoms with Gasteiger partial charge in [-0.25, -0.2) is 0 Å². The maximum absolute atomic E-state index is 5.34. The first kappa shape index (κ1) is 10.7. The second-order valence-corrected chi connectivity index (χ2v) is 4.29. The van der Waals surface area contributed by atoms with Crippen LogP contribution in [0.4, 0.5) is 0 Å². The second-order valence-electron chi connectivity index (χ2n) is 4.29. The van der Waals surface area contributed by atoms with Crippen molar-refractivity contribution >= 4 is 0 Å². The highest BCUT2D eigenvalue weighted by molar-refractivity contribution is 5.13. The Bertz CT molecular complexity index is 292. The van der Waals surface area contributed by atoms with E-state index in [-0.39, 0.29) is 0 Å². The Balaban J connectivity index is 1.49. The van der Waals surface area contributed by atoms with E-state index in [1.807, 2.05) is 6.07 Å². The molecule has 1 saturated carbocycles. The van der Waals surface area contributed by atoms with Crippen LogP contribution in [0.15, 0.2) is 16.7 Å². The van der Waals surface area contributed by atoms with Crippen molar-refractivity contribution in [3.05, 3.63) is 23.7 Å². The Kier molecular flexibility index (Phi) is 3.80. The molecule has 3 heteroatoms. The van der Waals surface area contributed by atoms with Gasteiger partial charge in [-0.15, -0.1) is 0 Å². The lowest BCUT2D eigenvalue weighted by Crippen LogP contribution is -2.23. The monoisotopic (exact) mass is 208 g/mol. The van der Waals surface area contributed by atoms with E-state index in [1.54, 1.807) is 6.26 Å². The zero-order valence-corrected chi connectivity index (χ0v) is 9.38. The summed E-state index contributed by atoms with van der Waals surface area (Å²) in [5.74, 6) is 1.06. The summed E-state index contributed by atoms with van der Waals surface area (Å²) in [6.07, 6.45) is 5.69. The Labute approximate surface area is 91.2 Å². The lowest BCUT2D eigenvalue weighted by molar-refractivity contribution is 0.476. The minimum atomic E-state index is 0.831. The van der Waals surface area contributed by atoms with Gasteiger partial charge >= 0.3 is 0 Å². The molecule has 1 heterocycles. The van der Waals surface area contributed by atoms with Gasteiger partial charge in [-0.05, 0) is 50.9 Å². The minimum absolute atomic E-state index is 0.831. The molecule has 2 N–H and O–H groups in total. The van der Waals surface area contributed by atoms with E-state index < -0.39 is 0 Å². The highest BCUT2D eigenvalue weighted by Crippen LogP contribution is 2.18. The molecule has 1 aromatic heterocycles.